The zero-order valence-corrected chi connectivity index (χ0v) is 14.7. The lowest BCUT2D eigenvalue weighted by molar-refractivity contribution is -0.127. The number of cyclic esters (lactones) is 1. The number of hydrogen-bond acceptors (Lipinski definition) is 5. The molecule has 3 aliphatic rings. The first-order valence-electron chi connectivity index (χ1n) is 9.32. The second-order valence-electron chi connectivity index (χ2n) is 7.14. The number of carbonyl (C=O) groups excluding carboxylic acids is 2. The van der Waals surface area contributed by atoms with Crippen molar-refractivity contribution in [3.05, 3.63) is 0 Å². The molecule has 0 aromatic rings. The molecule has 3 fully saturated rings. The van der Waals surface area contributed by atoms with Crippen molar-refractivity contribution in [2.75, 3.05) is 52.4 Å². The van der Waals surface area contributed by atoms with Crippen molar-refractivity contribution in [1.29, 1.82) is 0 Å². The van der Waals surface area contributed by atoms with Crippen LogP contribution in [-0.2, 0) is 9.53 Å². The molecule has 1 N–H and O–H groups in total. The zero-order chi connectivity index (χ0) is 16.9. The molecule has 1 saturated carbocycles. The van der Waals surface area contributed by atoms with E-state index in [4.69, 9.17) is 4.74 Å². The Hall–Kier alpha value is -1.34. The minimum Gasteiger partial charge on any atom is -0.448 e. The van der Waals surface area contributed by atoms with Gasteiger partial charge in [0.15, 0.2) is 0 Å². The number of nitrogens with zero attached hydrogens (tertiary/aromatic N) is 3. The molecule has 136 valence electrons. The maximum atomic E-state index is 12.4. The van der Waals surface area contributed by atoms with Gasteiger partial charge < -0.3 is 15.0 Å². The maximum Gasteiger partial charge on any atom is 0.409 e. The molecule has 3 rings (SSSR count). The predicted molar refractivity (Wildman–Crippen MR) is 90.8 cm³/mol. The number of nitrogens with one attached hydrogen (secondary N) is 1. The standard InChI is InChI=1S/C17H30N4O3/c1-14(16(22)18-15-4-2-3-5-15)20-9-6-19(7-10-20)8-11-21-12-13-24-17(21)23/h14-15H,2-13H2,1H3,(H,18,22)/t14-/m0/s1. The van der Waals surface area contributed by atoms with Gasteiger partial charge in [-0.3, -0.25) is 14.6 Å². The van der Waals surface area contributed by atoms with Gasteiger partial charge in [-0.15, -0.1) is 0 Å². The van der Waals surface area contributed by atoms with Gasteiger partial charge in [0.25, 0.3) is 0 Å². The van der Waals surface area contributed by atoms with Gasteiger partial charge >= 0.3 is 6.09 Å². The van der Waals surface area contributed by atoms with E-state index in [1.165, 1.54) is 12.8 Å². The zero-order valence-electron chi connectivity index (χ0n) is 14.7. The van der Waals surface area contributed by atoms with Crippen molar-refractivity contribution in [1.82, 2.24) is 20.0 Å². The van der Waals surface area contributed by atoms with Gasteiger partial charge in [-0.1, -0.05) is 12.8 Å². The average Bonchev–Trinajstić information content (AvgIpc) is 3.24. The molecule has 2 aliphatic heterocycles. The fourth-order valence-electron chi connectivity index (χ4n) is 3.82. The van der Waals surface area contributed by atoms with E-state index in [-0.39, 0.29) is 18.0 Å². The smallest absolute Gasteiger partial charge is 0.409 e. The van der Waals surface area contributed by atoms with E-state index in [9.17, 15) is 9.59 Å². The number of hydrogen-bond donors (Lipinski definition) is 1. The minimum absolute atomic E-state index is 0.0543. The van der Waals surface area contributed by atoms with Crippen LogP contribution in [-0.4, -0.2) is 91.2 Å². The summed E-state index contributed by atoms with van der Waals surface area (Å²) in [5.74, 6) is 0.176. The van der Waals surface area contributed by atoms with Gasteiger partial charge in [-0.05, 0) is 19.8 Å². The second-order valence-corrected chi connectivity index (χ2v) is 7.14. The molecule has 0 radical (unpaired) electrons. The summed E-state index contributed by atoms with van der Waals surface area (Å²) in [5.41, 5.74) is 0. The van der Waals surface area contributed by atoms with Gasteiger partial charge in [0, 0.05) is 45.3 Å². The van der Waals surface area contributed by atoms with Crippen molar-refractivity contribution in [2.45, 2.75) is 44.7 Å². The Kier molecular flexibility index (Phi) is 5.94. The highest BCUT2D eigenvalue weighted by Crippen LogP contribution is 2.18. The highest BCUT2D eigenvalue weighted by Gasteiger charge is 2.28. The van der Waals surface area contributed by atoms with Gasteiger partial charge in [-0.2, -0.15) is 0 Å². The summed E-state index contributed by atoms with van der Waals surface area (Å²) < 4.78 is 4.95. The molecule has 2 amide bonds. The van der Waals surface area contributed by atoms with E-state index in [1.807, 2.05) is 6.92 Å². The lowest BCUT2D eigenvalue weighted by Crippen LogP contribution is -2.55. The van der Waals surface area contributed by atoms with Crippen LogP contribution in [0.4, 0.5) is 4.79 Å². The Balaban J connectivity index is 1.36. The minimum atomic E-state index is -0.189. The van der Waals surface area contributed by atoms with E-state index in [1.54, 1.807) is 4.90 Å². The van der Waals surface area contributed by atoms with Crippen LogP contribution in [0.1, 0.15) is 32.6 Å². The van der Waals surface area contributed by atoms with Crippen molar-refractivity contribution in [3.8, 4) is 0 Å². The fourth-order valence-corrected chi connectivity index (χ4v) is 3.82. The van der Waals surface area contributed by atoms with E-state index < -0.39 is 0 Å². The van der Waals surface area contributed by atoms with E-state index >= 15 is 0 Å². The molecule has 7 heteroatoms. The molecule has 1 atom stereocenters. The fraction of sp³-hybridized carbons (Fsp3) is 0.882. The Morgan fingerprint density at radius 2 is 1.88 bits per heavy atom. The highest BCUT2D eigenvalue weighted by atomic mass is 16.6. The maximum absolute atomic E-state index is 12.4. The third-order valence-corrected chi connectivity index (χ3v) is 5.57. The number of piperazine rings is 1. The first-order chi connectivity index (χ1) is 11.6. The van der Waals surface area contributed by atoms with Crippen LogP contribution in [0.2, 0.25) is 0 Å². The Bertz CT molecular complexity index is 445. The highest BCUT2D eigenvalue weighted by molar-refractivity contribution is 5.81. The summed E-state index contributed by atoms with van der Waals surface area (Å²) in [5, 5.41) is 3.20. The molecule has 2 heterocycles. The molecule has 7 nitrogen and oxygen atoms in total. The molecule has 2 saturated heterocycles. The van der Waals surface area contributed by atoms with Crippen LogP contribution in [0, 0.1) is 0 Å². The van der Waals surface area contributed by atoms with Gasteiger partial charge in [0.05, 0.1) is 12.6 Å². The van der Waals surface area contributed by atoms with Crippen LogP contribution in [0.5, 0.6) is 0 Å². The van der Waals surface area contributed by atoms with Crippen LogP contribution in [0.25, 0.3) is 0 Å². The molecule has 0 bridgehead atoms. The van der Waals surface area contributed by atoms with Crippen LogP contribution in [0.15, 0.2) is 0 Å². The third-order valence-electron chi connectivity index (χ3n) is 5.57. The topological polar surface area (TPSA) is 65.1 Å². The van der Waals surface area contributed by atoms with Crippen molar-refractivity contribution >= 4 is 12.0 Å². The van der Waals surface area contributed by atoms with Crippen molar-refractivity contribution in [2.24, 2.45) is 0 Å². The first kappa shape index (κ1) is 17.5. The normalized spacial score (nSPS) is 25.0. The molecule has 0 aromatic carbocycles. The molecule has 24 heavy (non-hydrogen) atoms. The average molecular weight is 338 g/mol. The summed E-state index contributed by atoms with van der Waals surface area (Å²) in [7, 11) is 0. The van der Waals surface area contributed by atoms with E-state index in [0.717, 1.165) is 52.1 Å². The van der Waals surface area contributed by atoms with Crippen LogP contribution in [0.3, 0.4) is 0 Å². The van der Waals surface area contributed by atoms with Gasteiger partial charge in [0.1, 0.15) is 6.61 Å². The Morgan fingerprint density at radius 1 is 1.17 bits per heavy atom. The van der Waals surface area contributed by atoms with Crippen LogP contribution >= 0.6 is 0 Å². The second kappa shape index (κ2) is 8.16. The van der Waals surface area contributed by atoms with Crippen molar-refractivity contribution < 1.29 is 14.3 Å². The van der Waals surface area contributed by atoms with E-state index in [0.29, 0.717) is 19.2 Å². The van der Waals surface area contributed by atoms with Crippen molar-refractivity contribution in [3.63, 3.8) is 0 Å². The summed E-state index contributed by atoms with van der Waals surface area (Å²) in [6.45, 7) is 8.56. The SMILES string of the molecule is C[C@@H](C(=O)NC1CCCC1)N1CCN(CCN2CCOC2=O)CC1. The number of carbonyl (C=O) groups is 2. The third kappa shape index (κ3) is 4.39. The Morgan fingerprint density at radius 3 is 2.50 bits per heavy atom. The molecule has 0 aromatic heterocycles. The first-order valence-corrected chi connectivity index (χ1v) is 9.32. The summed E-state index contributed by atoms with van der Waals surface area (Å²) in [6.07, 6.45) is 4.55. The van der Waals surface area contributed by atoms with E-state index in [2.05, 4.69) is 15.1 Å². The number of ether oxygens (including phenoxy) is 1. The monoisotopic (exact) mass is 338 g/mol. The quantitative estimate of drug-likeness (QED) is 0.764. The molecular formula is C17H30N4O3. The van der Waals surface area contributed by atoms with Gasteiger partial charge in [0.2, 0.25) is 5.91 Å². The van der Waals surface area contributed by atoms with Crippen LogP contribution < -0.4 is 5.32 Å². The largest absolute Gasteiger partial charge is 0.448 e. The number of amides is 2. The van der Waals surface area contributed by atoms with Gasteiger partial charge in [-0.25, -0.2) is 4.79 Å². The lowest BCUT2D eigenvalue weighted by atomic mass is 10.2. The lowest BCUT2D eigenvalue weighted by Gasteiger charge is -2.38. The Labute approximate surface area is 144 Å². The number of rotatable bonds is 6. The molecular weight excluding hydrogens is 308 g/mol. The molecule has 0 spiro atoms. The summed E-state index contributed by atoms with van der Waals surface area (Å²) in [4.78, 5) is 30.2. The summed E-state index contributed by atoms with van der Waals surface area (Å²) in [6, 6.07) is 0.336. The molecule has 1 aliphatic carbocycles. The predicted octanol–water partition coefficient (Wildman–Crippen LogP) is 0.504. The molecule has 0 unspecified atom stereocenters. The summed E-state index contributed by atoms with van der Waals surface area (Å²) >= 11 is 0.